The van der Waals surface area contributed by atoms with Crippen molar-refractivity contribution >= 4 is 5.91 Å². The highest BCUT2D eigenvalue weighted by Gasteiger charge is 2.37. The highest BCUT2D eigenvalue weighted by molar-refractivity contribution is 5.79. The van der Waals surface area contributed by atoms with E-state index in [0.717, 1.165) is 0 Å². The van der Waals surface area contributed by atoms with Crippen LogP contribution < -0.4 is 5.32 Å². The van der Waals surface area contributed by atoms with Crippen molar-refractivity contribution < 1.29 is 18.3 Å². The Bertz CT molecular complexity index is 432. The Labute approximate surface area is 144 Å². The van der Waals surface area contributed by atoms with Crippen LogP contribution in [0.4, 0.5) is 8.78 Å². The maximum Gasteiger partial charge on any atom is 0.283 e. The van der Waals surface area contributed by atoms with Crippen LogP contribution in [0.15, 0.2) is 12.3 Å². The molecule has 0 aromatic carbocycles. The first kappa shape index (κ1) is 21.0. The Kier molecular flexibility index (Phi) is 7.76. The van der Waals surface area contributed by atoms with Gasteiger partial charge in [0.15, 0.2) is 0 Å². The van der Waals surface area contributed by atoms with Gasteiger partial charge in [-0.15, -0.1) is 0 Å². The molecule has 0 spiro atoms. The molecule has 1 rings (SSSR count). The van der Waals surface area contributed by atoms with Gasteiger partial charge in [0.25, 0.3) is 5.92 Å². The van der Waals surface area contributed by atoms with Gasteiger partial charge in [0.2, 0.25) is 5.91 Å². The van der Waals surface area contributed by atoms with Crippen LogP contribution in [0.1, 0.15) is 34.6 Å². The molecule has 7 heteroatoms. The van der Waals surface area contributed by atoms with E-state index in [2.05, 4.69) is 11.9 Å². The van der Waals surface area contributed by atoms with E-state index >= 15 is 0 Å². The summed E-state index contributed by atoms with van der Waals surface area (Å²) in [4.78, 5) is 15.7. The molecular weight excluding hydrogens is 316 g/mol. The summed E-state index contributed by atoms with van der Waals surface area (Å²) in [6.07, 6.45) is -0.211. The molecule has 1 aliphatic heterocycles. The van der Waals surface area contributed by atoms with Gasteiger partial charge in [0.1, 0.15) is 6.61 Å². The maximum atomic E-state index is 14.0. The Morgan fingerprint density at radius 2 is 1.88 bits per heavy atom. The lowest BCUT2D eigenvalue weighted by Gasteiger charge is -2.44. The number of rotatable bonds is 8. The van der Waals surface area contributed by atoms with Crippen LogP contribution in [0.2, 0.25) is 0 Å². The molecule has 24 heavy (non-hydrogen) atoms. The predicted molar refractivity (Wildman–Crippen MR) is 91.1 cm³/mol. The first-order chi connectivity index (χ1) is 11.0. The number of amides is 1. The fraction of sp³-hybridized carbons (Fsp3) is 0.824. The maximum absolute atomic E-state index is 14.0. The minimum absolute atomic E-state index is 0.0199. The van der Waals surface area contributed by atoms with E-state index in [9.17, 15) is 13.6 Å². The van der Waals surface area contributed by atoms with E-state index in [4.69, 9.17) is 4.74 Å². The number of alkyl halides is 2. The first-order valence-electron chi connectivity index (χ1n) is 8.43. The zero-order valence-electron chi connectivity index (χ0n) is 15.4. The molecule has 1 heterocycles. The number of nitrogens with one attached hydrogen (secondary N) is 1. The van der Waals surface area contributed by atoms with Crippen molar-refractivity contribution in [3.63, 3.8) is 0 Å². The van der Waals surface area contributed by atoms with Gasteiger partial charge in [0.05, 0.1) is 19.2 Å². The van der Waals surface area contributed by atoms with Crippen molar-refractivity contribution in [3.05, 3.63) is 12.3 Å². The van der Waals surface area contributed by atoms with Crippen LogP contribution in [-0.4, -0.2) is 72.6 Å². The van der Waals surface area contributed by atoms with E-state index in [0.29, 0.717) is 18.8 Å². The van der Waals surface area contributed by atoms with Crippen LogP contribution >= 0.6 is 0 Å². The van der Waals surface area contributed by atoms with E-state index in [1.54, 1.807) is 25.7 Å². The lowest BCUT2D eigenvalue weighted by molar-refractivity contribution is -0.127. The van der Waals surface area contributed by atoms with Crippen LogP contribution in [0.5, 0.6) is 0 Å². The number of piperazine rings is 1. The standard InChI is InChI=1S/C17H31F2N3O2/c1-12(2)20-16(23)9-22-14(5)7-21(8-15(22)6)10-17(18,19)11-24-13(3)4/h13-15H,1,7-11H2,2-6H3,(H,20,23)/t14-,15+. The average Bonchev–Trinajstić information content (AvgIpc) is 2.39. The third-order valence-corrected chi connectivity index (χ3v) is 3.94. The zero-order valence-corrected chi connectivity index (χ0v) is 15.4. The number of halogens is 2. The monoisotopic (exact) mass is 347 g/mol. The molecule has 1 saturated heterocycles. The number of carbonyl (C=O) groups excluding carboxylic acids is 1. The van der Waals surface area contributed by atoms with Crippen LogP contribution in [0.25, 0.3) is 0 Å². The molecule has 0 bridgehead atoms. The Hall–Kier alpha value is -1.05. The van der Waals surface area contributed by atoms with Crippen molar-refractivity contribution in [2.45, 2.75) is 58.7 Å². The summed E-state index contributed by atoms with van der Waals surface area (Å²) in [6, 6.07) is 0.0397. The SMILES string of the molecule is C=C(C)NC(=O)CN1[C@H](C)CN(CC(F)(F)COC(C)C)C[C@@H]1C. The Balaban J connectivity index is 2.55. The molecule has 0 radical (unpaired) electrons. The van der Waals surface area contributed by atoms with Gasteiger partial charge >= 0.3 is 0 Å². The van der Waals surface area contributed by atoms with Crippen molar-refractivity contribution in [2.24, 2.45) is 0 Å². The summed E-state index contributed by atoms with van der Waals surface area (Å²) in [7, 11) is 0. The second-order valence-electron chi connectivity index (χ2n) is 7.11. The number of hydrogen-bond acceptors (Lipinski definition) is 4. The predicted octanol–water partition coefficient (Wildman–Crippen LogP) is 2.09. The summed E-state index contributed by atoms with van der Waals surface area (Å²) >= 11 is 0. The second kappa shape index (κ2) is 8.87. The molecule has 1 aliphatic rings. The van der Waals surface area contributed by atoms with Gasteiger partial charge < -0.3 is 10.1 Å². The highest BCUT2D eigenvalue weighted by Crippen LogP contribution is 2.21. The molecule has 1 N–H and O–H groups in total. The normalized spacial score (nSPS) is 23.5. The van der Waals surface area contributed by atoms with E-state index in [-0.39, 0.29) is 37.2 Å². The van der Waals surface area contributed by atoms with Crippen LogP contribution in [0, 0.1) is 0 Å². The lowest BCUT2D eigenvalue weighted by atomic mass is 10.1. The molecule has 1 amide bonds. The molecule has 5 nitrogen and oxygen atoms in total. The molecule has 0 unspecified atom stereocenters. The summed E-state index contributed by atoms with van der Waals surface area (Å²) in [5.74, 6) is -2.99. The van der Waals surface area contributed by atoms with Gasteiger partial charge in [0, 0.05) is 30.9 Å². The van der Waals surface area contributed by atoms with Crippen LogP contribution in [-0.2, 0) is 9.53 Å². The molecule has 0 aromatic heterocycles. The summed E-state index contributed by atoms with van der Waals surface area (Å²) in [6.45, 7) is 13.2. The lowest BCUT2D eigenvalue weighted by Crippen LogP contribution is -2.60. The fourth-order valence-corrected chi connectivity index (χ4v) is 3.01. The van der Waals surface area contributed by atoms with Crippen molar-refractivity contribution in [2.75, 3.05) is 32.8 Å². The van der Waals surface area contributed by atoms with Crippen molar-refractivity contribution in [3.8, 4) is 0 Å². The summed E-state index contributed by atoms with van der Waals surface area (Å²) in [5, 5.41) is 2.68. The number of carbonyl (C=O) groups is 1. The fourth-order valence-electron chi connectivity index (χ4n) is 3.01. The van der Waals surface area contributed by atoms with Crippen molar-refractivity contribution in [1.29, 1.82) is 0 Å². The van der Waals surface area contributed by atoms with E-state index < -0.39 is 12.5 Å². The summed E-state index contributed by atoms with van der Waals surface area (Å²) < 4.78 is 33.1. The number of ether oxygens (including phenoxy) is 1. The van der Waals surface area contributed by atoms with E-state index in [1.807, 2.05) is 18.7 Å². The Morgan fingerprint density at radius 3 is 2.33 bits per heavy atom. The molecule has 0 aromatic rings. The number of hydrogen-bond donors (Lipinski definition) is 1. The molecule has 0 saturated carbocycles. The van der Waals surface area contributed by atoms with Gasteiger partial charge in [-0.1, -0.05) is 6.58 Å². The van der Waals surface area contributed by atoms with Crippen molar-refractivity contribution in [1.82, 2.24) is 15.1 Å². The zero-order chi connectivity index (χ0) is 18.5. The van der Waals surface area contributed by atoms with Gasteiger partial charge in [-0.05, 0) is 34.6 Å². The first-order valence-corrected chi connectivity index (χ1v) is 8.43. The average molecular weight is 347 g/mol. The van der Waals surface area contributed by atoms with Gasteiger partial charge in [-0.2, -0.15) is 0 Å². The largest absolute Gasteiger partial charge is 0.372 e. The molecule has 140 valence electrons. The minimum atomic E-state index is -2.87. The van der Waals surface area contributed by atoms with E-state index in [1.165, 1.54) is 0 Å². The highest BCUT2D eigenvalue weighted by atomic mass is 19.3. The quantitative estimate of drug-likeness (QED) is 0.730. The third-order valence-electron chi connectivity index (χ3n) is 3.94. The van der Waals surface area contributed by atoms with Gasteiger partial charge in [-0.25, -0.2) is 8.78 Å². The number of nitrogens with zero attached hydrogens (tertiary/aromatic N) is 2. The second-order valence-corrected chi connectivity index (χ2v) is 7.11. The topological polar surface area (TPSA) is 44.8 Å². The van der Waals surface area contributed by atoms with Gasteiger partial charge in [-0.3, -0.25) is 14.6 Å². The summed E-state index contributed by atoms with van der Waals surface area (Å²) in [5.41, 5.74) is 0.601. The minimum Gasteiger partial charge on any atom is -0.372 e. The third kappa shape index (κ3) is 7.23. The molecule has 1 fully saturated rings. The smallest absolute Gasteiger partial charge is 0.283 e. The molecule has 2 atom stereocenters. The Morgan fingerprint density at radius 1 is 1.33 bits per heavy atom. The van der Waals surface area contributed by atoms with Crippen LogP contribution in [0.3, 0.4) is 0 Å². The molecule has 0 aliphatic carbocycles. The number of allylic oxidation sites excluding steroid dienone is 1. The molecular formula is C17H31F2N3O2.